The van der Waals surface area contributed by atoms with Gasteiger partial charge in [-0.15, -0.1) is 0 Å². The van der Waals surface area contributed by atoms with Gasteiger partial charge in [-0.2, -0.15) is 0 Å². The Morgan fingerprint density at radius 1 is 1.47 bits per heavy atom. The molecule has 1 unspecified atom stereocenters. The second-order valence-corrected chi connectivity index (χ2v) is 5.48. The first-order valence-electron chi connectivity index (χ1n) is 6.38. The fourth-order valence-corrected chi connectivity index (χ4v) is 2.50. The highest BCUT2D eigenvalue weighted by Crippen LogP contribution is 2.37. The largest absolute Gasteiger partial charge is 0.465 e. The van der Waals surface area contributed by atoms with Gasteiger partial charge in [-0.05, 0) is 30.7 Å². The highest BCUT2D eigenvalue weighted by Gasteiger charge is 2.34. The van der Waals surface area contributed by atoms with Gasteiger partial charge >= 0.3 is 6.09 Å². The van der Waals surface area contributed by atoms with E-state index in [9.17, 15) is 4.79 Å². The summed E-state index contributed by atoms with van der Waals surface area (Å²) < 4.78 is 0. The van der Waals surface area contributed by atoms with E-state index in [1.807, 2.05) is 19.1 Å². The van der Waals surface area contributed by atoms with E-state index in [4.69, 9.17) is 22.4 Å². The summed E-state index contributed by atoms with van der Waals surface area (Å²) in [5.74, 6) is 0. The Balaban J connectivity index is 3.12. The first kappa shape index (κ1) is 15.8. The van der Waals surface area contributed by atoms with Crippen LogP contribution < -0.4 is 11.1 Å². The molecule has 4 N–H and O–H groups in total. The zero-order valence-electron chi connectivity index (χ0n) is 11.3. The predicted molar refractivity (Wildman–Crippen MR) is 77.4 cm³/mol. The SMILES string of the molecule is CCCC(C)(CN)[C@H](NC(=O)O)c1ccc(Cl)cc1. The molecule has 0 aromatic heterocycles. The molecular weight excluding hydrogens is 264 g/mol. The normalized spacial score (nSPS) is 15.6. The maximum absolute atomic E-state index is 11.0. The van der Waals surface area contributed by atoms with Crippen LogP contribution in [0.15, 0.2) is 24.3 Å². The topological polar surface area (TPSA) is 75.3 Å². The lowest BCUT2D eigenvalue weighted by atomic mass is 9.75. The number of carbonyl (C=O) groups is 1. The van der Waals surface area contributed by atoms with Crippen LogP contribution in [0.4, 0.5) is 4.79 Å². The predicted octanol–water partition coefficient (Wildman–Crippen LogP) is 3.41. The van der Waals surface area contributed by atoms with Crippen LogP contribution in [0.5, 0.6) is 0 Å². The molecule has 0 bridgehead atoms. The number of rotatable bonds is 6. The van der Waals surface area contributed by atoms with Crippen molar-refractivity contribution >= 4 is 17.7 Å². The van der Waals surface area contributed by atoms with Gasteiger partial charge in [0, 0.05) is 10.4 Å². The Labute approximate surface area is 118 Å². The standard InChI is InChI=1S/C14H21ClN2O2/c1-3-8-14(2,9-16)12(17-13(18)19)10-4-6-11(15)7-5-10/h4-7,12,17H,3,8-9,16H2,1-2H3,(H,18,19)/t12-,14?/m1/s1. The molecule has 1 amide bonds. The molecular formula is C14H21ClN2O2. The third-order valence-corrected chi connectivity index (χ3v) is 3.71. The van der Waals surface area contributed by atoms with Crippen molar-refractivity contribution in [3.63, 3.8) is 0 Å². The summed E-state index contributed by atoms with van der Waals surface area (Å²) in [5, 5.41) is 12.3. The number of hydrogen-bond donors (Lipinski definition) is 3. The van der Waals surface area contributed by atoms with Crippen LogP contribution >= 0.6 is 11.6 Å². The van der Waals surface area contributed by atoms with E-state index in [-0.39, 0.29) is 11.5 Å². The molecule has 0 spiro atoms. The van der Waals surface area contributed by atoms with E-state index in [1.165, 1.54) is 0 Å². The molecule has 0 radical (unpaired) electrons. The second-order valence-electron chi connectivity index (χ2n) is 5.04. The van der Waals surface area contributed by atoms with Gasteiger partial charge in [0.15, 0.2) is 0 Å². The van der Waals surface area contributed by atoms with Crippen molar-refractivity contribution in [1.82, 2.24) is 5.32 Å². The minimum absolute atomic E-state index is 0.318. The highest BCUT2D eigenvalue weighted by atomic mass is 35.5. The molecule has 0 aliphatic carbocycles. The van der Waals surface area contributed by atoms with Crippen molar-refractivity contribution in [1.29, 1.82) is 0 Å². The molecule has 0 saturated carbocycles. The summed E-state index contributed by atoms with van der Waals surface area (Å²) in [5.41, 5.74) is 6.44. The zero-order chi connectivity index (χ0) is 14.5. The van der Waals surface area contributed by atoms with Crippen molar-refractivity contribution in [2.45, 2.75) is 32.7 Å². The molecule has 0 heterocycles. The zero-order valence-corrected chi connectivity index (χ0v) is 12.1. The molecule has 1 rings (SSSR count). The molecule has 0 fully saturated rings. The van der Waals surface area contributed by atoms with Crippen LogP contribution in [-0.2, 0) is 0 Å². The molecule has 106 valence electrons. The Bertz CT molecular complexity index is 422. The lowest BCUT2D eigenvalue weighted by molar-refractivity contribution is 0.160. The van der Waals surface area contributed by atoms with Crippen molar-refractivity contribution in [3.8, 4) is 0 Å². The van der Waals surface area contributed by atoms with Gasteiger partial charge in [0.25, 0.3) is 0 Å². The average molecular weight is 285 g/mol. The summed E-state index contributed by atoms with van der Waals surface area (Å²) in [6.45, 7) is 4.48. The Hall–Kier alpha value is -1.26. The van der Waals surface area contributed by atoms with Gasteiger partial charge in [-0.1, -0.05) is 44.0 Å². The lowest BCUT2D eigenvalue weighted by Crippen LogP contribution is -2.43. The van der Waals surface area contributed by atoms with E-state index >= 15 is 0 Å². The summed E-state index contributed by atoms with van der Waals surface area (Å²) >= 11 is 5.87. The molecule has 2 atom stereocenters. The van der Waals surface area contributed by atoms with Gasteiger partial charge in [-0.25, -0.2) is 4.79 Å². The van der Waals surface area contributed by atoms with Gasteiger partial charge in [0.2, 0.25) is 0 Å². The van der Waals surface area contributed by atoms with Crippen LogP contribution in [0.2, 0.25) is 5.02 Å². The maximum atomic E-state index is 11.0. The van der Waals surface area contributed by atoms with Crippen LogP contribution in [0.3, 0.4) is 0 Å². The second kappa shape index (κ2) is 6.78. The minimum atomic E-state index is -1.05. The quantitative estimate of drug-likeness (QED) is 0.749. The van der Waals surface area contributed by atoms with Crippen LogP contribution in [-0.4, -0.2) is 17.7 Å². The third-order valence-electron chi connectivity index (χ3n) is 3.46. The lowest BCUT2D eigenvalue weighted by Gasteiger charge is -2.37. The monoisotopic (exact) mass is 284 g/mol. The number of benzene rings is 1. The molecule has 0 aliphatic rings. The number of amides is 1. The van der Waals surface area contributed by atoms with E-state index in [2.05, 4.69) is 12.2 Å². The molecule has 4 nitrogen and oxygen atoms in total. The number of hydrogen-bond acceptors (Lipinski definition) is 2. The fourth-order valence-electron chi connectivity index (χ4n) is 2.37. The molecule has 19 heavy (non-hydrogen) atoms. The summed E-state index contributed by atoms with van der Waals surface area (Å²) in [6.07, 6.45) is 0.742. The summed E-state index contributed by atoms with van der Waals surface area (Å²) in [7, 11) is 0. The number of carboxylic acid groups (broad SMARTS) is 1. The fraction of sp³-hybridized carbons (Fsp3) is 0.500. The molecule has 0 aliphatic heterocycles. The maximum Gasteiger partial charge on any atom is 0.405 e. The molecule has 0 saturated heterocycles. The van der Waals surface area contributed by atoms with Crippen molar-refractivity contribution in [3.05, 3.63) is 34.9 Å². The van der Waals surface area contributed by atoms with Gasteiger partial charge in [0.1, 0.15) is 0 Å². The minimum Gasteiger partial charge on any atom is -0.465 e. The first-order valence-corrected chi connectivity index (χ1v) is 6.75. The molecule has 1 aromatic carbocycles. The summed E-state index contributed by atoms with van der Waals surface area (Å²) in [6, 6.07) is 6.86. The molecule has 5 heteroatoms. The Kier molecular flexibility index (Phi) is 5.63. The van der Waals surface area contributed by atoms with Crippen LogP contribution in [0.1, 0.15) is 38.3 Å². The molecule has 1 aromatic rings. The number of nitrogens with one attached hydrogen (secondary N) is 1. The van der Waals surface area contributed by atoms with Crippen molar-refractivity contribution in [2.75, 3.05) is 6.54 Å². The van der Waals surface area contributed by atoms with E-state index in [0.717, 1.165) is 18.4 Å². The van der Waals surface area contributed by atoms with E-state index in [0.29, 0.717) is 11.6 Å². The number of halogens is 1. The van der Waals surface area contributed by atoms with E-state index < -0.39 is 6.09 Å². The van der Waals surface area contributed by atoms with Gasteiger partial charge in [0.05, 0.1) is 6.04 Å². The van der Waals surface area contributed by atoms with Crippen LogP contribution in [0.25, 0.3) is 0 Å². The van der Waals surface area contributed by atoms with Crippen LogP contribution in [0, 0.1) is 5.41 Å². The third kappa shape index (κ3) is 4.11. The summed E-state index contributed by atoms with van der Waals surface area (Å²) in [4.78, 5) is 11.0. The van der Waals surface area contributed by atoms with Crippen molar-refractivity contribution < 1.29 is 9.90 Å². The average Bonchev–Trinajstić information content (AvgIpc) is 2.37. The van der Waals surface area contributed by atoms with Crippen molar-refractivity contribution in [2.24, 2.45) is 11.1 Å². The van der Waals surface area contributed by atoms with E-state index in [1.54, 1.807) is 12.1 Å². The van der Waals surface area contributed by atoms with Gasteiger partial charge < -0.3 is 16.2 Å². The Morgan fingerprint density at radius 2 is 2.05 bits per heavy atom. The van der Waals surface area contributed by atoms with Gasteiger partial charge in [-0.3, -0.25) is 0 Å². The first-order chi connectivity index (χ1) is 8.92. The Morgan fingerprint density at radius 3 is 2.47 bits per heavy atom. The highest BCUT2D eigenvalue weighted by molar-refractivity contribution is 6.30. The smallest absolute Gasteiger partial charge is 0.405 e. The number of nitrogens with two attached hydrogens (primary N) is 1.